The van der Waals surface area contributed by atoms with Crippen molar-refractivity contribution in [1.82, 2.24) is 5.32 Å². The molecule has 1 saturated heterocycles. The van der Waals surface area contributed by atoms with E-state index in [2.05, 4.69) is 89.5 Å². The molecule has 1 aliphatic heterocycles. The Bertz CT molecular complexity index is 727. The molecule has 0 amide bonds. The predicted molar refractivity (Wildman–Crippen MR) is 118 cm³/mol. The molecule has 0 aliphatic carbocycles. The molecule has 2 aromatic rings. The Kier molecular flexibility index (Phi) is 8.23. The van der Waals surface area contributed by atoms with E-state index < -0.39 is 0 Å². The summed E-state index contributed by atoms with van der Waals surface area (Å²) >= 11 is 0. The maximum Gasteiger partial charge on any atom is 0.293 e. The van der Waals surface area contributed by atoms with E-state index in [0.717, 1.165) is 19.7 Å². The van der Waals surface area contributed by atoms with Crippen molar-refractivity contribution in [2.24, 2.45) is 0 Å². The van der Waals surface area contributed by atoms with Crippen molar-refractivity contribution in [1.29, 1.82) is 0 Å². The summed E-state index contributed by atoms with van der Waals surface area (Å²) in [5.74, 6) is 0. The second-order valence-corrected chi connectivity index (χ2v) is 8.69. The molecule has 0 bridgehead atoms. The largest absolute Gasteiger partial charge is 0.462 e. The van der Waals surface area contributed by atoms with Gasteiger partial charge in [-0.25, -0.2) is 0 Å². The van der Waals surface area contributed by atoms with Gasteiger partial charge >= 0.3 is 0 Å². The second-order valence-electron chi connectivity index (χ2n) is 8.69. The fourth-order valence-electron chi connectivity index (χ4n) is 3.10. The van der Waals surface area contributed by atoms with Crippen molar-refractivity contribution >= 4 is 12.2 Å². The van der Waals surface area contributed by atoms with Crippen LogP contribution in [-0.2, 0) is 20.8 Å². The van der Waals surface area contributed by atoms with Crippen LogP contribution in [0.2, 0.25) is 0 Å². The van der Waals surface area contributed by atoms with Crippen LogP contribution in [0.1, 0.15) is 40.2 Å². The molecule has 1 aliphatic rings. The van der Waals surface area contributed by atoms with E-state index in [9.17, 15) is 4.79 Å². The first-order valence-corrected chi connectivity index (χ1v) is 10.1. The molecule has 1 N–H and O–H groups in total. The highest BCUT2D eigenvalue weighted by Crippen LogP contribution is 2.20. The van der Waals surface area contributed by atoms with E-state index in [1.807, 2.05) is 20.8 Å². The van der Waals surface area contributed by atoms with Crippen molar-refractivity contribution in [3.63, 3.8) is 0 Å². The third kappa shape index (κ3) is 8.67. The lowest BCUT2D eigenvalue weighted by Crippen LogP contribution is -2.44. The Morgan fingerprint density at radius 1 is 1.10 bits per heavy atom. The van der Waals surface area contributed by atoms with Gasteiger partial charge < -0.3 is 14.4 Å². The monoisotopic (exact) mass is 398 g/mol. The highest BCUT2D eigenvalue weighted by atomic mass is 16.5. The number of carbonyl (C=O) groups excluding carboxylic acids is 1. The normalized spacial score (nSPS) is 17.8. The second kappa shape index (κ2) is 10.4. The summed E-state index contributed by atoms with van der Waals surface area (Å²) in [6.45, 7) is 12.7. The molecule has 2 aromatic carbocycles. The number of nitrogens with one attached hydrogen (secondary N) is 1. The zero-order valence-corrected chi connectivity index (χ0v) is 18.2. The summed E-state index contributed by atoms with van der Waals surface area (Å²) in [6, 6.07) is 21.5. The molecule has 1 fully saturated rings. The topological polar surface area (TPSA) is 50.8 Å². The lowest BCUT2D eigenvalue weighted by Gasteiger charge is -2.28. The Balaban J connectivity index is 0.000000370. The van der Waals surface area contributed by atoms with E-state index in [4.69, 9.17) is 4.74 Å². The number of anilines is 1. The van der Waals surface area contributed by atoms with Gasteiger partial charge in [-0.15, -0.1) is 0 Å². The first-order chi connectivity index (χ1) is 13.7. The van der Waals surface area contributed by atoms with E-state index in [1.54, 1.807) is 0 Å². The lowest BCUT2D eigenvalue weighted by atomic mass is 10.1. The Morgan fingerprint density at radius 2 is 1.69 bits per heavy atom. The van der Waals surface area contributed by atoms with Crippen LogP contribution in [0, 0.1) is 0 Å². The van der Waals surface area contributed by atoms with Gasteiger partial charge in [-0.05, 0) is 52.3 Å². The molecule has 1 atom stereocenters. The molecule has 1 unspecified atom stereocenters. The highest BCUT2D eigenvalue weighted by Gasteiger charge is 2.31. The minimum absolute atomic E-state index is 0.222. The van der Waals surface area contributed by atoms with E-state index in [0.29, 0.717) is 12.5 Å². The average Bonchev–Trinajstić information content (AvgIpc) is 3.01. The van der Waals surface area contributed by atoms with Gasteiger partial charge in [0.2, 0.25) is 0 Å². The SMILES string of the molecule is CC(C)(C)OC=O.CC1(C)NC(CN(Cc2ccccc2)c2ccccc2)CO1. The Labute approximate surface area is 175 Å². The summed E-state index contributed by atoms with van der Waals surface area (Å²) in [7, 11) is 0. The van der Waals surface area contributed by atoms with E-state index >= 15 is 0 Å². The van der Waals surface area contributed by atoms with Crippen LogP contribution < -0.4 is 10.2 Å². The number of nitrogens with zero attached hydrogens (tertiary/aromatic N) is 1. The quantitative estimate of drug-likeness (QED) is 0.732. The van der Waals surface area contributed by atoms with Crippen LogP contribution in [0.3, 0.4) is 0 Å². The molecule has 0 aromatic heterocycles. The molecule has 5 nitrogen and oxygen atoms in total. The maximum atomic E-state index is 9.60. The van der Waals surface area contributed by atoms with Crippen molar-refractivity contribution in [2.75, 3.05) is 18.1 Å². The molecule has 0 saturated carbocycles. The molecular weight excluding hydrogens is 364 g/mol. The molecule has 5 heteroatoms. The average molecular weight is 399 g/mol. The van der Waals surface area contributed by atoms with Crippen LogP contribution >= 0.6 is 0 Å². The molecular formula is C24H34N2O3. The fourth-order valence-corrected chi connectivity index (χ4v) is 3.10. The lowest BCUT2D eigenvalue weighted by molar-refractivity contribution is -0.138. The first-order valence-electron chi connectivity index (χ1n) is 10.1. The number of ether oxygens (including phenoxy) is 2. The minimum Gasteiger partial charge on any atom is -0.462 e. The van der Waals surface area contributed by atoms with Crippen LogP contribution in [-0.4, -0.2) is 37.0 Å². The molecule has 158 valence electrons. The number of rotatable bonds is 6. The molecule has 0 radical (unpaired) electrons. The van der Waals surface area contributed by atoms with E-state index in [-0.39, 0.29) is 11.3 Å². The summed E-state index contributed by atoms with van der Waals surface area (Å²) in [5, 5.41) is 3.55. The van der Waals surface area contributed by atoms with Gasteiger partial charge in [0.15, 0.2) is 0 Å². The van der Waals surface area contributed by atoms with Crippen molar-refractivity contribution < 1.29 is 14.3 Å². The van der Waals surface area contributed by atoms with Gasteiger partial charge in [-0.1, -0.05) is 48.5 Å². The van der Waals surface area contributed by atoms with Crippen LogP contribution in [0.15, 0.2) is 60.7 Å². The summed E-state index contributed by atoms with van der Waals surface area (Å²) in [4.78, 5) is 12.0. The van der Waals surface area contributed by atoms with Gasteiger partial charge in [0, 0.05) is 18.8 Å². The van der Waals surface area contributed by atoms with Crippen LogP contribution in [0.4, 0.5) is 5.69 Å². The van der Waals surface area contributed by atoms with Crippen LogP contribution in [0.5, 0.6) is 0 Å². The van der Waals surface area contributed by atoms with Crippen molar-refractivity contribution in [3.8, 4) is 0 Å². The first kappa shape index (κ1) is 22.9. The summed E-state index contributed by atoms with van der Waals surface area (Å²) in [5.41, 5.74) is 2.03. The minimum atomic E-state index is -0.318. The molecule has 0 spiro atoms. The third-order valence-electron chi connectivity index (χ3n) is 4.38. The van der Waals surface area contributed by atoms with Gasteiger partial charge in [0.25, 0.3) is 6.47 Å². The maximum absolute atomic E-state index is 9.60. The van der Waals surface area contributed by atoms with Crippen LogP contribution in [0.25, 0.3) is 0 Å². The van der Waals surface area contributed by atoms with Crippen molar-refractivity contribution in [3.05, 3.63) is 66.2 Å². The van der Waals surface area contributed by atoms with Gasteiger partial charge in [-0.3, -0.25) is 10.1 Å². The molecule has 1 heterocycles. The van der Waals surface area contributed by atoms with Crippen molar-refractivity contribution in [2.45, 2.75) is 58.5 Å². The Hall–Kier alpha value is -2.37. The number of carbonyl (C=O) groups is 1. The molecule has 3 rings (SSSR count). The van der Waals surface area contributed by atoms with Gasteiger partial charge in [-0.2, -0.15) is 0 Å². The smallest absolute Gasteiger partial charge is 0.293 e. The standard InChI is InChI=1S/C19H24N2O.C5H10O2/c1-19(2)20-17(15-22-19)14-21(18-11-7-4-8-12-18)13-16-9-5-3-6-10-16;1-5(2,3)7-4-6/h3-12,17,20H,13-15H2,1-2H3;4H,1-3H3. The number of hydrogen-bond acceptors (Lipinski definition) is 5. The zero-order chi connectivity index (χ0) is 21.3. The van der Waals surface area contributed by atoms with Gasteiger partial charge in [0.05, 0.1) is 12.6 Å². The fraction of sp³-hybridized carbons (Fsp3) is 0.458. The highest BCUT2D eigenvalue weighted by molar-refractivity contribution is 5.47. The Morgan fingerprint density at radius 3 is 2.14 bits per heavy atom. The predicted octanol–water partition coefficient (Wildman–Crippen LogP) is 4.38. The number of hydrogen-bond donors (Lipinski definition) is 1. The summed E-state index contributed by atoms with van der Waals surface area (Å²) in [6.07, 6.45) is 0. The van der Waals surface area contributed by atoms with Gasteiger partial charge in [0.1, 0.15) is 11.3 Å². The zero-order valence-electron chi connectivity index (χ0n) is 18.2. The number of para-hydroxylation sites is 1. The third-order valence-corrected chi connectivity index (χ3v) is 4.38. The summed E-state index contributed by atoms with van der Waals surface area (Å²) < 4.78 is 10.4. The van der Waals surface area contributed by atoms with E-state index in [1.165, 1.54) is 11.3 Å². The molecule has 29 heavy (non-hydrogen) atoms. The number of benzene rings is 2.